The predicted molar refractivity (Wildman–Crippen MR) is 127 cm³/mol. The van der Waals surface area contributed by atoms with Crippen molar-refractivity contribution in [3.63, 3.8) is 0 Å². The molecule has 166 valence electrons. The van der Waals surface area contributed by atoms with Gasteiger partial charge < -0.3 is 19.7 Å². The number of phenolic OH excluding ortho intramolecular Hbond substituents is 2. The first-order chi connectivity index (χ1) is 16.1. The van der Waals surface area contributed by atoms with Gasteiger partial charge in [-0.05, 0) is 29.3 Å². The average molecular weight is 459 g/mol. The highest BCUT2D eigenvalue weighted by Gasteiger charge is 2.24. The zero-order valence-corrected chi connectivity index (χ0v) is 18.5. The van der Waals surface area contributed by atoms with E-state index in [0.717, 1.165) is 27.8 Å². The van der Waals surface area contributed by atoms with E-state index in [1.807, 2.05) is 91.0 Å². The van der Waals surface area contributed by atoms with E-state index in [0.29, 0.717) is 0 Å². The van der Waals surface area contributed by atoms with Crippen LogP contribution in [0.2, 0.25) is 0 Å². The van der Waals surface area contributed by atoms with Crippen molar-refractivity contribution in [3.05, 3.63) is 114 Å². The van der Waals surface area contributed by atoms with Gasteiger partial charge in [0, 0.05) is 4.90 Å². The van der Waals surface area contributed by atoms with E-state index in [1.54, 1.807) is 0 Å². The second kappa shape index (κ2) is 10.6. The van der Waals surface area contributed by atoms with Gasteiger partial charge in [0.1, 0.15) is 13.2 Å². The molecule has 0 aliphatic rings. The Morgan fingerprint density at radius 1 is 0.727 bits per heavy atom. The molecule has 2 N–H and O–H groups in total. The maximum atomic E-state index is 13.0. The Hall–Kier alpha value is -3.90. The highest BCUT2D eigenvalue weighted by Crippen LogP contribution is 2.47. The molecule has 0 aromatic heterocycles. The minimum absolute atomic E-state index is 0.000394. The predicted octanol–water partition coefficient (Wildman–Crippen LogP) is 6.19. The fraction of sp³-hybridized carbons (Fsp3) is 0.0741. The molecule has 33 heavy (non-hydrogen) atoms. The second-order valence-corrected chi connectivity index (χ2v) is 8.28. The number of carbonyl (C=O) groups excluding carboxylic acids is 1. The van der Waals surface area contributed by atoms with Gasteiger partial charge in [0.2, 0.25) is 5.75 Å². The molecular formula is C27H22O5S. The molecule has 0 heterocycles. The Morgan fingerprint density at radius 3 is 1.88 bits per heavy atom. The van der Waals surface area contributed by atoms with Crippen molar-refractivity contribution in [2.45, 2.75) is 23.0 Å². The number of phenols is 2. The fourth-order valence-electron chi connectivity index (χ4n) is 3.12. The van der Waals surface area contributed by atoms with Crippen LogP contribution in [0.1, 0.15) is 21.5 Å². The lowest BCUT2D eigenvalue weighted by Gasteiger charge is -2.16. The van der Waals surface area contributed by atoms with Gasteiger partial charge in [-0.25, -0.2) is 4.79 Å². The molecule has 0 saturated heterocycles. The highest BCUT2D eigenvalue weighted by atomic mass is 32.2. The van der Waals surface area contributed by atoms with Crippen molar-refractivity contribution in [3.8, 4) is 17.2 Å². The van der Waals surface area contributed by atoms with Crippen LogP contribution in [-0.4, -0.2) is 16.2 Å². The molecule has 0 fully saturated rings. The molecule has 5 nitrogen and oxygen atoms in total. The van der Waals surface area contributed by atoms with Crippen molar-refractivity contribution in [2.24, 2.45) is 0 Å². The zero-order valence-electron chi connectivity index (χ0n) is 17.7. The van der Waals surface area contributed by atoms with Gasteiger partial charge >= 0.3 is 5.97 Å². The number of hydrogen-bond acceptors (Lipinski definition) is 6. The number of esters is 1. The number of hydrogen-bond donors (Lipinski definition) is 2. The van der Waals surface area contributed by atoms with Crippen LogP contribution in [0.15, 0.2) is 107 Å². The van der Waals surface area contributed by atoms with E-state index in [1.165, 1.54) is 6.07 Å². The molecule has 0 radical (unpaired) electrons. The first-order valence-corrected chi connectivity index (χ1v) is 11.1. The lowest BCUT2D eigenvalue weighted by atomic mass is 10.1. The van der Waals surface area contributed by atoms with Crippen molar-refractivity contribution >= 4 is 17.7 Å². The normalized spacial score (nSPS) is 10.5. The Labute approximate surface area is 196 Å². The zero-order chi connectivity index (χ0) is 23.0. The summed E-state index contributed by atoms with van der Waals surface area (Å²) in [5.74, 6) is -1.48. The molecule has 0 aliphatic carbocycles. The van der Waals surface area contributed by atoms with E-state index in [9.17, 15) is 15.0 Å². The van der Waals surface area contributed by atoms with Gasteiger partial charge in [0.15, 0.2) is 11.5 Å². The molecule has 0 aliphatic heterocycles. The third kappa shape index (κ3) is 5.67. The Kier molecular flexibility index (Phi) is 7.17. The molecular weight excluding hydrogens is 436 g/mol. The minimum atomic E-state index is -0.628. The van der Waals surface area contributed by atoms with Crippen molar-refractivity contribution in [1.82, 2.24) is 0 Å². The summed E-state index contributed by atoms with van der Waals surface area (Å²) in [4.78, 5) is 14.0. The summed E-state index contributed by atoms with van der Waals surface area (Å²) < 4.78 is 11.2. The largest absolute Gasteiger partial charge is 0.503 e. The topological polar surface area (TPSA) is 76.0 Å². The molecule has 0 saturated carbocycles. The van der Waals surface area contributed by atoms with Crippen LogP contribution in [0.4, 0.5) is 0 Å². The maximum absolute atomic E-state index is 13.0. The SMILES string of the molecule is O=C(OCc1ccccc1)c1cc(OCc2ccccc2)c(O)c(O)c1Sc1ccccc1. The summed E-state index contributed by atoms with van der Waals surface area (Å²) in [6.45, 7) is 0.245. The molecule has 6 heteroatoms. The number of ether oxygens (including phenoxy) is 2. The van der Waals surface area contributed by atoms with Crippen molar-refractivity contribution in [1.29, 1.82) is 0 Å². The average Bonchev–Trinajstić information content (AvgIpc) is 2.87. The van der Waals surface area contributed by atoms with Crippen LogP contribution < -0.4 is 4.74 Å². The standard InChI is InChI=1S/C27H22O5S/c28-24-23(31-17-19-10-4-1-5-11-19)16-22(27(30)32-18-20-12-6-2-7-13-20)26(25(24)29)33-21-14-8-3-9-15-21/h1-16,28-29H,17-18H2. The first kappa shape index (κ1) is 22.3. The van der Waals surface area contributed by atoms with E-state index >= 15 is 0 Å². The van der Waals surface area contributed by atoms with Gasteiger partial charge in [-0.2, -0.15) is 0 Å². The Morgan fingerprint density at radius 2 is 1.27 bits per heavy atom. The molecule has 4 rings (SSSR count). The van der Waals surface area contributed by atoms with E-state index in [2.05, 4.69) is 0 Å². The third-order valence-corrected chi connectivity index (χ3v) is 5.95. The molecule has 4 aromatic rings. The van der Waals surface area contributed by atoms with E-state index < -0.39 is 17.5 Å². The van der Waals surface area contributed by atoms with E-state index in [4.69, 9.17) is 9.47 Å². The summed E-state index contributed by atoms with van der Waals surface area (Å²) in [7, 11) is 0. The smallest absolute Gasteiger partial charge is 0.339 e. The Balaban J connectivity index is 1.65. The lowest BCUT2D eigenvalue weighted by Crippen LogP contribution is -2.08. The minimum Gasteiger partial charge on any atom is -0.503 e. The van der Waals surface area contributed by atoms with Gasteiger partial charge in [-0.3, -0.25) is 0 Å². The Bertz CT molecular complexity index is 1210. The molecule has 0 amide bonds. The number of aromatic hydroxyl groups is 2. The second-order valence-electron chi connectivity index (χ2n) is 7.20. The monoisotopic (exact) mass is 458 g/mol. The number of benzene rings is 4. The highest BCUT2D eigenvalue weighted by molar-refractivity contribution is 7.99. The van der Waals surface area contributed by atoms with Crippen LogP contribution >= 0.6 is 11.8 Å². The van der Waals surface area contributed by atoms with Crippen LogP contribution in [0, 0.1) is 0 Å². The third-order valence-electron chi connectivity index (χ3n) is 4.83. The van der Waals surface area contributed by atoms with Gasteiger partial charge in [0.25, 0.3) is 0 Å². The van der Waals surface area contributed by atoms with E-state index in [-0.39, 0.29) is 29.4 Å². The molecule has 0 unspecified atom stereocenters. The van der Waals surface area contributed by atoms with Gasteiger partial charge in [-0.1, -0.05) is 90.6 Å². The molecule has 4 aromatic carbocycles. The number of rotatable bonds is 8. The first-order valence-electron chi connectivity index (χ1n) is 10.3. The summed E-state index contributed by atoms with van der Waals surface area (Å²) in [6, 6.07) is 29.4. The number of carbonyl (C=O) groups is 1. The van der Waals surface area contributed by atoms with Crippen LogP contribution in [0.3, 0.4) is 0 Å². The summed E-state index contributed by atoms with van der Waals surface area (Å²) in [6.07, 6.45) is 0. The summed E-state index contributed by atoms with van der Waals surface area (Å²) >= 11 is 1.16. The van der Waals surface area contributed by atoms with Gasteiger partial charge in [0.05, 0.1) is 10.5 Å². The molecule has 0 spiro atoms. The molecule has 0 atom stereocenters. The van der Waals surface area contributed by atoms with Crippen LogP contribution in [0.25, 0.3) is 0 Å². The fourth-order valence-corrected chi connectivity index (χ4v) is 4.10. The quantitative estimate of drug-likeness (QED) is 0.242. The lowest BCUT2D eigenvalue weighted by molar-refractivity contribution is 0.0467. The van der Waals surface area contributed by atoms with Crippen molar-refractivity contribution < 1.29 is 24.5 Å². The van der Waals surface area contributed by atoms with Crippen molar-refractivity contribution in [2.75, 3.05) is 0 Å². The summed E-state index contributed by atoms with van der Waals surface area (Å²) in [5.41, 5.74) is 1.83. The molecule has 0 bridgehead atoms. The van der Waals surface area contributed by atoms with Crippen LogP contribution in [-0.2, 0) is 18.0 Å². The summed E-state index contributed by atoms with van der Waals surface area (Å²) in [5, 5.41) is 21.4. The van der Waals surface area contributed by atoms with Gasteiger partial charge in [-0.15, -0.1) is 0 Å². The maximum Gasteiger partial charge on any atom is 0.339 e. The van der Waals surface area contributed by atoms with Crippen LogP contribution in [0.5, 0.6) is 17.2 Å².